The van der Waals surface area contributed by atoms with Crippen LogP contribution in [0.1, 0.15) is 5.56 Å². The van der Waals surface area contributed by atoms with E-state index in [0.29, 0.717) is 5.02 Å². The molecule has 0 aliphatic rings. The minimum Gasteiger partial charge on any atom is -0.270 e. The molecule has 0 atom stereocenters. The molecule has 0 amide bonds. The van der Waals surface area contributed by atoms with Crippen LogP contribution >= 0.6 is 23.4 Å². The van der Waals surface area contributed by atoms with Crippen molar-refractivity contribution in [2.75, 3.05) is 0 Å². The van der Waals surface area contributed by atoms with Crippen molar-refractivity contribution < 1.29 is 4.39 Å². The van der Waals surface area contributed by atoms with Crippen LogP contribution in [0.4, 0.5) is 4.39 Å². The van der Waals surface area contributed by atoms with E-state index in [1.54, 1.807) is 23.9 Å². The monoisotopic (exact) mass is 395 g/mol. The molecule has 0 radical (unpaired) electrons. The average Bonchev–Trinajstić information content (AvgIpc) is 3.13. The van der Waals surface area contributed by atoms with Gasteiger partial charge in [-0.2, -0.15) is 0 Å². The zero-order valence-corrected chi connectivity index (χ0v) is 15.8. The SMILES string of the molecule is Fc1ccc(-n2c(SCc3ccc(Cl)cc3)nnc2-c2ccccc2)cc1. The molecular formula is C21H15ClFN3S. The van der Waals surface area contributed by atoms with Crippen molar-refractivity contribution in [2.24, 2.45) is 0 Å². The Morgan fingerprint density at radius 3 is 2.26 bits per heavy atom. The second-order valence-electron chi connectivity index (χ2n) is 5.90. The molecule has 0 unspecified atom stereocenters. The van der Waals surface area contributed by atoms with Crippen LogP contribution in [-0.4, -0.2) is 14.8 Å². The van der Waals surface area contributed by atoms with E-state index in [2.05, 4.69) is 10.2 Å². The minimum absolute atomic E-state index is 0.275. The van der Waals surface area contributed by atoms with Crippen LogP contribution in [0.25, 0.3) is 17.1 Å². The Kier molecular flexibility index (Phi) is 5.23. The first-order valence-electron chi connectivity index (χ1n) is 8.35. The van der Waals surface area contributed by atoms with Crippen LogP contribution < -0.4 is 0 Å². The normalized spacial score (nSPS) is 10.9. The largest absolute Gasteiger partial charge is 0.270 e. The van der Waals surface area contributed by atoms with Crippen molar-refractivity contribution >= 4 is 23.4 Å². The molecule has 0 N–H and O–H groups in total. The highest BCUT2D eigenvalue weighted by molar-refractivity contribution is 7.98. The standard InChI is InChI=1S/C21H15ClFN3S/c22-17-8-6-15(7-9-17)14-27-21-25-24-20(16-4-2-1-3-5-16)26(21)19-12-10-18(23)11-13-19/h1-13H,14H2. The molecular weight excluding hydrogens is 381 g/mol. The van der Waals surface area contributed by atoms with Gasteiger partial charge >= 0.3 is 0 Å². The van der Waals surface area contributed by atoms with E-state index >= 15 is 0 Å². The van der Waals surface area contributed by atoms with E-state index in [-0.39, 0.29) is 5.82 Å². The Hall–Kier alpha value is -2.63. The molecule has 0 bridgehead atoms. The van der Waals surface area contributed by atoms with Crippen LogP contribution in [0.5, 0.6) is 0 Å². The lowest BCUT2D eigenvalue weighted by Gasteiger charge is -2.10. The van der Waals surface area contributed by atoms with Gasteiger partial charge < -0.3 is 0 Å². The van der Waals surface area contributed by atoms with Gasteiger partial charge in [-0.3, -0.25) is 4.57 Å². The maximum atomic E-state index is 13.4. The quantitative estimate of drug-likeness (QED) is 0.387. The first-order valence-corrected chi connectivity index (χ1v) is 9.71. The van der Waals surface area contributed by atoms with Gasteiger partial charge in [0.25, 0.3) is 0 Å². The predicted octanol–water partition coefficient (Wildman–Crippen LogP) is 6.02. The van der Waals surface area contributed by atoms with E-state index < -0.39 is 0 Å². The predicted molar refractivity (Wildman–Crippen MR) is 108 cm³/mol. The fourth-order valence-electron chi connectivity index (χ4n) is 2.69. The summed E-state index contributed by atoms with van der Waals surface area (Å²) >= 11 is 7.53. The molecule has 6 heteroatoms. The first kappa shape index (κ1) is 17.8. The molecule has 0 aliphatic carbocycles. The van der Waals surface area contributed by atoms with Gasteiger partial charge in [-0.05, 0) is 42.0 Å². The van der Waals surface area contributed by atoms with Crippen molar-refractivity contribution in [3.05, 3.63) is 95.3 Å². The summed E-state index contributed by atoms with van der Waals surface area (Å²) in [6.45, 7) is 0. The summed E-state index contributed by atoms with van der Waals surface area (Å²) in [5.74, 6) is 1.18. The van der Waals surface area contributed by atoms with Gasteiger partial charge in [0.15, 0.2) is 11.0 Å². The third-order valence-electron chi connectivity index (χ3n) is 4.03. The number of hydrogen-bond donors (Lipinski definition) is 0. The molecule has 0 saturated carbocycles. The van der Waals surface area contributed by atoms with Crippen LogP contribution in [0.15, 0.2) is 84.0 Å². The van der Waals surface area contributed by atoms with Crippen molar-refractivity contribution in [1.82, 2.24) is 14.8 Å². The summed E-state index contributed by atoms with van der Waals surface area (Å²) in [5, 5.41) is 10.2. The highest BCUT2D eigenvalue weighted by Crippen LogP contribution is 2.30. The Morgan fingerprint density at radius 2 is 1.56 bits per heavy atom. The zero-order valence-electron chi connectivity index (χ0n) is 14.2. The highest BCUT2D eigenvalue weighted by atomic mass is 35.5. The van der Waals surface area contributed by atoms with E-state index in [4.69, 9.17) is 11.6 Å². The summed E-state index contributed by atoms with van der Waals surface area (Å²) in [4.78, 5) is 0. The van der Waals surface area contributed by atoms with Crippen molar-refractivity contribution in [1.29, 1.82) is 0 Å². The van der Waals surface area contributed by atoms with Gasteiger partial charge in [-0.25, -0.2) is 4.39 Å². The van der Waals surface area contributed by atoms with Gasteiger partial charge in [0.05, 0.1) is 0 Å². The number of thioether (sulfide) groups is 1. The van der Waals surface area contributed by atoms with E-state index in [9.17, 15) is 4.39 Å². The lowest BCUT2D eigenvalue weighted by Crippen LogP contribution is -2.00. The number of nitrogens with zero attached hydrogens (tertiary/aromatic N) is 3. The Labute approximate surface area is 165 Å². The van der Waals surface area contributed by atoms with E-state index in [1.165, 1.54) is 12.1 Å². The number of aromatic nitrogens is 3. The molecule has 0 spiro atoms. The van der Waals surface area contributed by atoms with E-state index in [1.807, 2.05) is 59.2 Å². The van der Waals surface area contributed by atoms with Crippen LogP contribution in [0, 0.1) is 5.82 Å². The third kappa shape index (κ3) is 4.04. The second kappa shape index (κ2) is 7.94. The van der Waals surface area contributed by atoms with Gasteiger partial charge in [0.2, 0.25) is 0 Å². The molecule has 3 aromatic carbocycles. The Morgan fingerprint density at radius 1 is 0.852 bits per heavy atom. The summed E-state index contributed by atoms with van der Waals surface area (Å²) < 4.78 is 15.4. The Balaban J connectivity index is 1.71. The molecule has 4 aromatic rings. The van der Waals surface area contributed by atoms with Crippen LogP contribution in [0.2, 0.25) is 5.02 Å². The molecule has 134 valence electrons. The molecule has 0 saturated heterocycles. The first-order chi connectivity index (χ1) is 13.2. The molecule has 1 aromatic heterocycles. The molecule has 0 fully saturated rings. The zero-order chi connectivity index (χ0) is 18.6. The second-order valence-corrected chi connectivity index (χ2v) is 7.28. The molecule has 1 heterocycles. The van der Waals surface area contributed by atoms with Crippen molar-refractivity contribution in [2.45, 2.75) is 10.9 Å². The third-order valence-corrected chi connectivity index (χ3v) is 5.28. The fourth-order valence-corrected chi connectivity index (χ4v) is 3.72. The highest BCUT2D eigenvalue weighted by Gasteiger charge is 2.16. The molecule has 4 rings (SSSR count). The summed E-state index contributed by atoms with van der Waals surface area (Å²) in [7, 11) is 0. The summed E-state index contributed by atoms with van der Waals surface area (Å²) in [6.07, 6.45) is 0. The van der Waals surface area contributed by atoms with Crippen LogP contribution in [-0.2, 0) is 5.75 Å². The topological polar surface area (TPSA) is 30.7 Å². The molecule has 0 aliphatic heterocycles. The molecule has 3 nitrogen and oxygen atoms in total. The van der Waals surface area contributed by atoms with Gasteiger partial charge in [-0.15, -0.1) is 10.2 Å². The fraction of sp³-hybridized carbons (Fsp3) is 0.0476. The average molecular weight is 396 g/mol. The summed E-state index contributed by atoms with van der Waals surface area (Å²) in [5.41, 5.74) is 2.91. The lowest BCUT2D eigenvalue weighted by atomic mass is 10.2. The molecule has 27 heavy (non-hydrogen) atoms. The lowest BCUT2D eigenvalue weighted by molar-refractivity contribution is 0.627. The number of rotatable bonds is 5. The van der Waals surface area contributed by atoms with Gasteiger partial charge in [0.1, 0.15) is 5.82 Å². The van der Waals surface area contributed by atoms with Crippen LogP contribution in [0.3, 0.4) is 0 Å². The minimum atomic E-state index is -0.275. The number of hydrogen-bond acceptors (Lipinski definition) is 3. The van der Waals surface area contributed by atoms with E-state index in [0.717, 1.165) is 33.5 Å². The van der Waals surface area contributed by atoms with Crippen molar-refractivity contribution in [3.63, 3.8) is 0 Å². The smallest absolute Gasteiger partial charge is 0.196 e. The van der Waals surface area contributed by atoms with Gasteiger partial charge in [-0.1, -0.05) is 65.8 Å². The maximum absolute atomic E-state index is 13.4. The van der Waals surface area contributed by atoms with Gasteiger partial charge in [0, 0.05) is 22.0 Å². The van der Waals surface area contributed by atoms with Crippen molar-refractivity contribution in [3.8, 4) is 17.1 Å². The Bertz CT molecular complexity index is 1030. The summed E-state index contributed by atoms with van der Waals surface area (Å²) in [6, 6.07) is 23.9. The number of halogens is 2. The maximum Gasteiger partial charge on any atom is 0.196 e. The number of benzene rings is 3.